The average molecular weight is 430 g/mol. The van der Waals surface area contributed by atoms with Gasteiger partial charge in [0, 0.05) is 29.3 Å². The van der Waals surface area contributed by atoms with Gasteiger partial charge in [-0.3, -0.25) is 4.79 Å². The highest BCUT2D eigenvalue weighted by Crippen LogP contribution is 2.44. The van der Waals surface area contributed by atoms with Crippen molar-refractivity contribution in [3.63, 3.8) is 0 Å². The van der Waals surface area contributed by atoms with E-state index in [2.05, 4.69) is 20.3 Å². The minimum atomic E-state index is -0.907. The molecule has 3 N–H and O–H groups in total. The molecule has 4 atom stereocenters. The maximum absolute atomic E-state index is 14.7. The summed E-state index contributed by atoms with van der Waals surface area (Å²) in [6.07, 6.45) is 6.84. The molecule has 2 unspecified atom stereocenters. The number of anilines is 1. The largest absolute Gasteiger partial charge is 0.481 e. The lowest BCUT2D eigenvalue weighted by atomic mass is 9.71. The lowest BCUT2D eigenvalue weighted by molar-refractivity contribution is -0.145. The van der Waals surface area contributed by atoms with E-state index in [0.29, 0.717) is 11.0 Å². The van der Waals surface area contributed by atoms with Crippen LogP contribution in [-0.4, -0.2) is 32.1 Å². The van der Waals surface area contributed by atoms with E-state index in [1.165, 1.54) is 12.3 Å². The number of hydrogen-bond acceptors (Lipinski definition) is 4. The van der Waals surface area contributed by atoms with Gasteiger partial charge in [-0.15, -0.1) is 0 Å². The molecular weight excluding hydrogens is 409 g/mol. The van der Waals surface area contributed by atoms with Crippen LogP contribution in [-0.2, 0) is 4.79 Å². The molecule has 0 amide bonds. The Kier molecular flexibility index (Phi) is 4.83. The first kappa shape index (κ1) is 19.8. The molecule has 0 spiro atoms. The molecule has 3 aliphatic rings. The number of aliphatic carboxylic acids is 1. The van der Waals surface area contributed by atoms with E-state index in [4.69, 9.17) is 0 Å². The zero-order valence-electron chi connectivity index (χ0n) is 16.5. The van der Waals surface area contributed by atoms with Crippen LogP contribution in [0.15, 0.2) is 24.5 Å². The monoisotopic (exact) mass is 430 g/mol. The number of carboxylic acid groups (broad SMARTS) is 1. The van der Waals surface area contributed by atoms with Crippen LogP contribution in [0.5, 0.6) is 0 Å². The standard InChI is InChI=1S/C22H21F3N4O2/c23-12-6-13-14(9-27-20(13)26-8-12)19-15(24)7-16(25)21(29-19)28-18-11-3-1-2-10(4-5-11)17(18)22(30)31/h6-11,17-18H,1-5H2,(H,26,27)(H,28,29)(H,30,31)/t10?,11?,17-,18-/m1/s1. The summed E-state index contributed by atoms with van der Waals surface area (Å²) < 4.78 is 43.0. The van der Waals surface area contributed by atoms with Gasteiger partial charge in [0.1, 0.15) is 17.2 Å². The third kappa shape index (κ3) is 3.41. The van der Waals surface area contributed by atoms with Crippen LogP contribution in [0.25, 0.3) is 22.3 Å². The van der Waals surface area contributed by atoms with Gasteiger partial charge in [0.2, 0.25) is 0 Å². The van der Waals surface area contributed by atoms with Crippen molar-refractivity contribution in [2.75, 3.05) is 5.32 Å². The highest BCUT2D eigenvalue weighted by Gasteiger charge is 2.45. The Bertz CT molecular complexity index is 1160. The second-order valence-electron chi connectivity index (χ2n) is 8.46. The molecule has 0 aromatic carbocycles. The van der Waals surface area contributed by atoms with Gasteiger partial charge in [-0.1, -0.05) is 6.42 Å². The van der Waals surface area contributed by atoms with Crippen molar-refractivity contribution >= 4 is 22.8 Å². The Morgan fingerprint density at radius 3 is 2.68 bits per heavy atom. The summed E-state index contributed by atoms with van der Waals surface area (Å²) in [5, 5.41) is 13.2. The van der Waals surface area contributed by atoms with Crippen molar-refractivity contribution in [1.82, 2.24) is 15.0 Å². The molecule has 3 fully saturated rings. The molecule has 6 rings (SSSR count). The molecule has 9 heteroatoms. The lowest BCUT2D eigenvalue weighted by Crippen LogP contribution is -2.46. The van der Waals surface area contributed by atoms with Crippen molar-refractivity contribution in [2.24, 2.45) is 17.8 Å². The van der Waals surface area contributed by atoms with Crippen molar-refractivity contribution < 1.29 is 23.1 Å². The molecule has 2 bridgehead atoms. The van der Waals surface area contributed by atoms with Crippen LogP contribution in [0.3, 0.4) is 0 Å². The van der Waals surface area contributed by atoms with Crippen molar-refractivity contribution in [3.05, 3.63) is 42.0 Å². The Labute approximate surface area is 175 Å². The SMILES string of the molecule is O=C(O)[C@@H]1C2CCCC(CC2)[C@H]1Nc1nc(-c2c[nH]c3ncc(F)cc23)c(F)cc1F. The Morgan fingerprint density at radius 2 is 1.87 bits per heavy atom. The zero-order valence-corrected chi connectivity index (χ0v) is 16.5. The summed E-state index contributed by atoms with van der Waals surface area (Å²) in [5.41, 5.74) is 0.441. The number of H-pyrrole nitrogens is 1. The second-order valence-corrected chi connectivity index (χ2v) is 8.46. The van der Waals surface area contributed by atoms with Crippen molar-refractivity contribution in [2.45, 2.75) is 38.1 Å². The van der Waals surface area contributed by atoms with Crippen LogP contribution in [0.2, 0.25) is 0 Å². The van der Waals surface area contributed by atoms with Gasteiger partial charge in [-0.2, -0.15) is 0 Å². The number of rotatable bonds is 4. The number of nitrogens with zero attached hydrogens (tertiary/aromatic N) is 2. The van der Waals surface area contributed by atoms with E-state index >= 15 is 0 Å². The molecule has 3 aromatic heterocycles. The lowest BCUT2D eigenvalue weighted by Gasteiger charge is -2.39. The fourth-order valence-corrected chi connectivity index (χ4v) is 5.31. The number of aromatic amines is 1. The van der Waals surface area contributed by atoms with Crippen LogP contribution in [0, 0.1) is 35.2 Å². The van der Waals surface area contributed by atoms with E-state index in [0.717, 1.165) is 44.4 Å². The quantitative estimate of drug-likeness (QED) is 0.557. The van der Waals surface area contributed by atoms with E-state index in [9.17, 15) is 23.1 Å². The fraction of sp³-hybridized carbons (Fsp3) is 0.409. The molecule has 162 valence electrons. The number of carboxylic acids is 1. The third-order valence-electron chi connectivity index (χ3n) is 6.73. The predicted octanol–water partition coefficient (Wildman–Crippen LogP) is 4.73. The Balaban J connectivity index is 1.56. The molecular formula is C22H21F3N4O2. The Hall–Kier alpha value is -3.10. The average Bonchev–Trinajstić information content (AvgIpc) is 2.89. The number of halogens is 3. The first-order valence-corrected chi connectivity index (χ1v) is 10.4. The van der Waals surface area contributed by atoms with Gasteiger partial charge in [-0.05, 0) is 43.6 Å². The molecule has 31 heavy (non-hydrogen) atoms. The van der Waals surface area contributed by atoms with E-state index in [-0.39, 0.29) is 28.9 Å². The van der Waals surface area contributed by atoms with Crippen molar-refractivity contribution in [3.8, 4) is 11.3 Å². The number of pyridine rings is 2. The van der Waals surface area contributed by atoms with Gasteiger partial charge < -0.3 is 15.4 Å². The topological polar surface area (TPSA) is 90.9 Å². The number of fused-ring (bicyclic) bond motifs is 5. The van der Waals surface area contributed by atoms with Crippen LogP contribution in [0.1, 0.15) is 32.1 Å². The molecule has 0 saturated heterocycles. The number of aromatic nitrogens is 3. The first-order chi connectivity index (χ1) is 14.9. The summed E-state index contributed by atoms with van der Waals surface area (Å²) in [6.45, 7) is 0. The maximum Gasteiger partial charge on any atom is 0.308 e. The van der Waals surface area contributed by atoms with Gasteiger partial charge >= 0.3 is 5.97 Å². The maximum atomic E-state index is 14.7. The number of nitrogens with one attached hydrogen (secondary N) is 2. The van der Waals surface area contributed by atoms with Gasteiger partial charge in [0.05, 0.1) is 12.1 Å². The molecule has 3 saturated carbocycles. The molecule has 0 aliphatic heterocycles. The first-order valence-electron chi connectivity index (χ1n) is 10.4. The van der Waals surface area contributed by atoms with Crippen LogP contribution >= 0.6 is 0 Å². The smallest absolute Gasteiger partial charge is 0.308 e. The summed E-state index contributed by atoms with van der Waals surface area (Å²) >= 11 is 0. The summed E-state index contributed by atoms with van der Waals surface area (Å²) in [7, 11) is 0. The zero-order chi connectivity index (χ0) is 21.7. The van der Waals surface area contributed by atoms with Gasteiger partial charge in [0.15, 0.2) is 17.5 Å². The van der Waals surface area contributed by atoms with Crippen LogP contribution in [0.4, 0.5) is 19.0 Å². The highest BCUT2D eigenvalue weighted by molar-refractivity contribution is 5.92. The van der Waals surface area contributed by atoms with E-state index < -0.39 is 35.4 Å². The minimum Gasteiger partial charge on any atom is -0.481 e. The summed E-state index contributed by atoms with van der Waals surface area (Å²) in [4.78, 5) is 22.9. The highest BCUT2D eigenvalue weighted by atomic mass is 19.1. The number of hydrogen-bond donors (Lipinski definition) is 3. The fourth-order valence-electron chi connectivity index (χ4n) is 5.31. The molecule has 3 aromatic rings. The van der Waals surface area contributed by atoms with E-state index in [1.54, 1.807) is 0 Å². The van der Waals surface area contributed by atoms with Gasteiger partial charge in [-0.25, -0.2) is 23.1 Å². The predicted molar refractivity (Wildman–Crippen MR) is 108 cm³/mol. The number of carbonyl (C=O) groups is 1. The molecule has 0 radical (unpaired) electrons. The Morgan fingerprint density at radius 1 is 1.10 bits per heavy atom. The molecule has 3 aliphatic carbocycles. The van der Waals surface area contributed by atoms with Gasteiger partial charge in [0.25, 0.3) is 0 Å². The van der Waals surface area contributed by atoms with Crippen molar-refractivity contribution in [1.29, 1.82) is 0 Å². The minimum absolute atomic E-state index is 0.0272. The van der Waals surface area contributed by atoms with E-state index in [1.807, 2.05) is 0 Å². The normalized spacial score (nSPS) is 25.5. The molecule has 6 nitrogen and oxygen atoms in total. The van der Waals surface area contributed by atoms with Crippen LogP contribution < -0.4 is 5.32 Å². The summed E-state index contributed by atoms with van der Waals surface area (Å²) in [6, 6.07) is 1.44. The second kappa shape index (κ2) is 7.55. The summed E-state index contributed by atoms with van der Waals surface area (Å²) in [5.74, 6) is -4.02. The molecule has 3 heterocycles. The third-order valence-corrected chi connectivity index (χ3v) is 6.73.